The second-order valence-electron chi connectivity index (χ2n) is 5.09. The Morgan fingerprint density at radius 2 is 1.71 bits per heavy atom. The van der Waals surface area contributed by atoms with E-state index in [2.05, 4.69) is 15.0 Å². The van der Waals surface area contributed by atoms with Gasteiger partial charge in [-0.25, -0.2) is 8.42 Å². The Morgan fingerprint density at radius 3 is 2.42 bits per heavy atom. The summed E-state index contributed by atoms with van der Waals surface area (Å²) in [6.45, 7) is 0. The van der Waals surface area contributed by atoms with Gasteiger partial charge in [0.05, 0.1) is 16.1 Å². The Bertz CT molecular complexity index is 994. The molecule has 0 spiro atoms. The highest BCUT2D eigenvalue weighted by Crippen LogP contribution is 2.23. The zero-order chi connectivity index (χ0) is 17.2. The van der Waals surface area contributed by atoms with Crippen molar-refractivity contribution in [2.24, 2.45) is 0 Å². The fraction of sp³-hybridized carbons (Fsp3) is 0.0588. The second kappa shape index (κ2) is 6.29. The molecule has 0 aliphatic carbocycles. The Balaban J connectivity index is 1.95. The first-order valence-corrected chi connectivity index (χ1v) is 8.68. The number of carbonyl (C=O) groups is 1. The number of hydrogen-bond acceptors (Lipinski definition) is 4. The smallest absolute Gasteiger partial charge is 0.261 e. The fourth-order valence-corrected chi connectivity index (χ4v) is 3.39. The molecule has 6 nitrogen and oxygen atoms in total. The number of pyridine rings is 1. The minimum absolute atomic E-state index is 0.0723. The summed E-state index contributed by atoms with van der Waals surface area (Å²) in [6.07, 6.45) is 1.61. The van der Waals surface area contributed by atoms with Gasteiger partial charge in [-0.3, -0.25) is 14.5 Å². The van der Waals surface area contributed by atoms with Crippen LogP contribution in [-0.2, 0) is 10.0 Å². The number of carbonyl (C=O) groups excluding carboxylic acids is 1. The van der Waals surface area contributed by atoms with Crippen LogP contribution in [0.15, 0.2) is 65.7 Å². The number of para-hydroxylation sites is 1. The molecular weight excluding hydrogens is 326 g/mol. The van der Waals surface area contributed by atoms with Gasteiger partial charge in [-0.15, -0.1) is 0 Å². The summed E-state index contributed by atoms with van der Waals surface area (Å²) in [6, 6.07) is 14.7. The van der Waals surface area contributed by atoms with Crippen molar-refractivity contribution < 1.29 is 13.2 Å². The molecule has 0 atom stereocenters. The molecule has 0 saturated heterocycles. The lowest BCUT2D eigenvalue weighted by atomic mass is 10.2. The number of aromatic nitrogens is 1. The Labute approximate surface area is 139 Å². The first kappa shape index (κ1) is 15.9. The van der Waals surface area contributed by atoms with Crippen LogP contribution in [0, 0.1) is 0 Å². The van der Waals surface area contributed by atoms with E-state index in [1.54, 1.807) is 24.4 Å². The molecule has 2 N–H and O–H groups in total. The molecule has 0 unspecified atom stereocenters. The number of hydrogen-bond donors (Lipinski definition) is 2. The number of sulfonamides is 1. The third kappa shape index (κ3) is 3.07. The highest BCUT2D eigenvalue weighted by Gasteiger charge is 2.16. The summed E-state index contributed by atoms with van der Waals surface area (Å²) in [4.78, 5) is 15.8. The van der Waals surface area contributed by atoms with Crippen molar-refractivity contribution >= 4 is 32.5 Å². The van der Waals surface area contributed by atoms with Gasteiger partial charge in [0.2, 0.25) is 0 Å². The lowest BCUT2D eigenvalue weighted by Gasteiger charge is -2.10. The van der Waals surface area contributed by atoms with E-state index in [4.69, 9.17) is 0 Å². The van der Waals surface area contributed by atoms with E-state index in [9.17, 15) is 13.2 Å². The number of amides is 1. The molecule has 0 bridgehead atoms. The average Bonchev–Trinajstić information content (AvgIpc) is 2.61. The molecule has 1 heterocycles. The summed E-state index contributed by atoms with van der Waals surface area (Å²) < 4.78 is 27.7. The normalized spacial score (nSPS) is 11.2. The van der Waals surface area contributed by atoms with Crippen LogP contribution in [0.3, 0.4) is 0 Å². The zero-order valence-corrected chi connectivity index (χ0v) is 13.7. The van der Waals surface area contributed by atoms with Crippen LogP contribution in [0.25, 0.3) is 10.9 Å². The third-order valence-corrected chi connectivity index (χ3v) is 4.91. The molecule has 2 aromatic carbocycles. The Morgan fingerprint density at radius 1 is 1.00 bits per heavy atom. The predicted molar refractivity (Wildman–Crippen MR) is 92.4 cm³/mol. The Hall–Kier alpha value is -2.93. The van der Waals surface area contributed by atoms with Gasteiger partial charge in [-0.05, 0) is 36.4 Å². The van der Waals surface area contributed by atoms with Crippen molar-refractivity contribution in [3.8, 4) is 0 Å². The van der Waals surface area contributed by atoms with E-state index in [-0.39, 0.29) is 10.8 Å². The largest absolute Gasteiger partial charge is 0.355 e. The molecule has 0 aliphatic heterocycles. The predicted octanol–water partition coefficient (Wildman–Crippen LogP) is 2.40. The maximum Gasteiger partial charge on any atom is 0.261 e. The lowest BCUT2D eigenvalue weighted by molar-refractivity contribution is 0.0963. The number of fused-ring (bicyclic) bond motifs is 1. The second-order valence-corrected chi connectivity index (χ2v) is 6.77. The fourth-order valence-electron chi connectivity index (χ4n) is 2.32. The molecule has 0 fully saturated rings. The van der Waals surface area contributed by atoms with Crippen LogP contribution in [0.1, 0.15) is 10.4 Å². The molecular formula is C17H15N3O3S. The molecule has 1 amide bonds. The van der Waals surface area contributed by atoms with Crippen molar-refractivity contribution in [2.75, 3.05) is 11.8 Å². The standard InChI is InChI=1S/C17H15N3O3S/c1-18-17(21)13-7-9-14(10-8-13)24(22,23)20-15-6-2-4-12-5-3-11-19-16(12)15/h2-11,20H,1H3,(H,18,21). The monoisotopic (exact) mass is 341 g/mol. The topological polar surface area (TPSA) is 88.2 Å². The minimum Gasteiger partial charge on any atom is -0.355 e. The maximum atomic E-state index is 12.6. The molecule has 3 aromatic rings. The van der Waals surface area contributed by atoms with Gasteiger partial charge >= 0.3 is 0 Å². The van der Waals surface area contributed by atoms with Crippen molar-refractivity contribution in [1.29, 1.82) is 0 Å². The molecule has 0 saturated carbocycles. The van der Waals surface area contributed by atoms with Crippen LogP contribution in [0.2, 0.25) is 0 Å². The summed E-state index contributed by atoms with van der Waals surface area (Å²) in [5, 5.41) is 3.33. The van der Waals surface area contributed by atoms with E-state index in [0.29, 0.717) is 16.8 Å². The van der Waals surface area contributed by atoms with E-state index in [1.807, 2.05) is 12.1 Å². The highest BCUT2D eigenvalue weighted by atomic mass is 32.2. The van der Waals surface area contributed by atoms with Gasteiger partial charge in [0, 0.05) is 24.2 Å². The minimum atomic E-state index is -3.78. The first-order valence-electron chi connectivity index (χ1n) is 7.20. The maximum absolute atomic E-state index is 12.6. The zero-order valence-electron chi connectivity index (χ0n) is 12.9. The van der Waals surface area contributed by atoms with Crippen molar-refractivity contribution in [1.82, 2.24) is 10.3 Å². The van der Waals surface area contributed by atoms with Gasteiger partial charge in [-0.2, -0.15) is 0 Å². The van der Waals surface area contributed by atoms with E-state index in [0.717, 1.165) is 5.39 Å². The van der Waals surface area contributed by atoms with E-state index < -0.39 is 10.0 Å². The molecule has 24 heavy (non-hydrogen) atoms. The van der Waals surface area contributed by atoms with Crippen LogP contribution >= 0.6 is 0 Å². The number of nitrogens with one attached hydrogen (secondary N) is 2. The van der Waals surface area contributed by atoms with Gasteiger partial charge in [0.15, 0.2) is 0 Å². The quantitative estimate of drug-likeness (QED) is 0.763. The number of anilines is 1. The van der Waals surface area contributed by atoms with E-state index in [1.165, 1.54) is 31.3 Å². The number of nitrogens with zero attached hydrogens (tertiary/aromatic N) is 1. The van der Waals surface area contributed by atoms with Crippen molar-refractivity contribution in [3.05, 3.63) is 66.4 Å². The van der Waals surface area contributed by atoms with Gasteiger partial charge in [0.25, 0.3) is 15.9 Å². The highest BCUT2D eigenvalue weighted by molar-refractivity contribution is 7.92. The van der Waals surface area contributed by atoms with E-state index >= 15 is 0 Å². The van der Waals surface area contributed by atoms with Gasteiger partial charge in [-0.1, -0.05) is 18.2 Å². The number of benzene rings is 2. The summed E-state index contributed by atoms with van der Waals surface area (Å²) in [7, 11) is -2.26. The molecule has 7 heteroatoms. The summed E-state index contributed by atoms with van der Waals surface area (Å²) >= 11 is 0. The SMILES string of the molecule is CNC(=O)c1ccc(S(=O)(=O)Nc2cccc3cccnc23)cc1. The molecule has 0 aliphatic rings. The van der Waals surface area contributed by atoms with Crippen LogP contribution in [-0.4, -0.2) is 26.4 Å². The van der Waals surface area contributed by atoms with Crippen molar-refractivity contribution in [2.45, 2.75) is 4.90 Å². The lowest BCUT2D eigenvalue weighted by Crippen LogP contribution is -2.18. The van der Waals surface area contributed by atoms with Crippen molar-refractivity contribution in [3.63, 3.8) is 0 Å². The third-order valence-electron chi connectivity index (χ3n) is 3.53. The van der Waals surface area contributed by atoms with Crippen LogP contribution in [0.4, 0.5) is 5.69 Å². The first-order chi connectivity index (χ1) is 11.5. The molecule has 1 aromatic heterocycles. The Kier molecular flexibility index (Phi) is 4.18. The van der Waals surface area contributed by atoms with Gasteiger partial charge in [0.1, 0.15) is 0 Å². The van der Waals surface area contributed by atoms with Crippen LogP contribution < -0.4 is 10.0 Å². The van der Waals surface area contributed by atoms with Gasteiger partial charge < -0.3 is 5.32 Å². The average molecular weight is 341 g/mol. The summed E-state index contributed by atoms with van der Waals surface area (Å²) in [5.74, 6) is -0.273. The molecule has 122 valence electrons. The summed E-state index contributed by atoms with van der Waals surface area (Å²) in [5.41, 5.74) is 1.37. The number of rotatable bonds is 4. The molecule has 0 radical (unpaired) electrons. The van der Waals surface area contributed by atoms with Crippen LogP contribution in [0.5, 0.6) is 0 Å². The molecule has 3 rings (SSSR count).